The number of anilines is 2. The fraction of sp³-hybridized carbons (Fsp3) is 0.250. The van der Waals surface area contributed by atoms with Gasteiger partial charge in [-0.3, -0.25) is 14.4 Å². The minimum Gasteiger partial charge on any atom is -0.484 e. The highest BCUT2D eigenvalue weighted by molar-refractivity contribution is 6.33. The number of hydrogen-bond acceptors (Lipinski definition) is 4. The Balaban J connectivity index is 1.58. The third-order valence-corrected chi connectivity index (χ3v) is 4.94. The summed E-state index contributed by atoms with van der Waals surface area (Å²) < 4.78 is 43.8. The van der Waals surface area contributed by atoms with Crippen LogP contribution < -0.4 is 20.7 Å². The van der Waals surface area contributed by atoms with E-state index in [-0.39, 0.29) is 29.6 Å². The van der Waals surface area contributed by atoms with Crippen molar-refractivity contribution in [3.63, 3.8) is 0 Å². The summed E-state index contributed by atoms with van der Waals surface area (Å²) >= 11 is 5.84. The maximum Gasteiger partial charge on any atom is 0.416 e. The van der Waals surface area contributed by atoms with Crippen molar-refractivity contribution in [2.75, 3.05) is 23.4 Å². The highest BCUT2D eigenvalue weighted by Gasteiger charge is 2.34. The molecule has 0 radical (unpaired) electrons. The lowest BCUT2D eigenvalue weighted by atomic mass is 10.1. The molecule has 3 rings (SSSR count). The van der Waals surface area contributed by atoms with E-state index in [1.54, 1.807) is 12.1 Å². The molecular weight excluding hydrogens is 439 g/mol. The molecule has 1 aliphatic heterocycles. The molecule has 0 aliphatic carbocycles. The number of hydrogen-bond donors (Lipinski definition) is 2. The van der Waals surface area contributed by atoms with Gasteiger partial charge in [0.25, 0.3) is 5.91 Å². The zero-order valence-electron chi connectivity index (χ0n) is 15.9. The third-order valence-electron chi connectivity index (χ3n) is 4.61. The second-order valence-electron chi connectivity index (χ2n) is 6.83. The van der Waals surface area contributed by atoms with Gasteiger partial charge in [0.1, 0.15) is 5.75 Å². The maximum absolute atomic E-state index is 12.8. The molecule has 2 aromatic carbocycles. The Bertz CT molecular complexity index is 1010. The number of amides is 3. The van der Waals surface area contributed by atoms with Crippen molar-refractivity contribution >= 4 is 40.7 Å². The smallest absolute Gasteiger partial charge is 0.416 e. The van der Waals surface area contributed by atoms with Crippen LogP contribution in [0.5, 0.6) is 5.75 Å². The van der Waals surface area contributed by atoms with Crippen molar-refractivity contribution in [2.45, 2.75) is 12.6 Å². The van der Waals surface area contributed by atoms with Crippen LogP contribution in [-0.4, -0.2) is 30.9 Å². The average molecular weight is 456 g/mol. The second kappa shape index (κ2) is 8.84. The van der Waals surface area contributed by atoms with Crippen molar-refractivity contribution < 1.29 is 32.3 Å². The Morgan fingerprint density at radius 3 is 2.45 bits per heavy atom. The number of halogens is 4. The first-order valence-electron chi connectivity index (χ1n) is 9.03. The summed E-state index contributed by atoms with van der Waals surface area (Å²) in [6.07, 6.45) is -4.53. The molecule has 3 N–H and O–H groups in total. The van der Waals surface area contributed by atoms with Crippen LogP contribution in [0.4, 0.5) is 24.5 Å². The van der Waals surface area contributed by atoms with E-state index < -0.39 is 36.1 Å². The minimum atomic E-state index is -4.57. The highest BCUT2D eigenvalue weighted by Crippen LogP contribution is 2.34. The third kappa shape index (κ3) is 5.46. The topological polar surface area (TPSA) is 102 Å². The maximum atomic E-state index is 12.8. The van der Waals surface area contributed by atoms with Gasteiger partial charge in [0.15, 0.2) is 6.61 Å². The Labute approximate surface area is 179 Å². The number of carbonyl (C=O) groups excluding carboxylic acids is 3. The van der Waals surface area contributed by atoms with Crippen LogP contribution in [0.1, 0.15) is 12.0 Å². The molecule has 1 heterocycles. The van der Waals surface area contributed by atoms with E-state index in [1.165, 1.54) is 17.0 Å². The summed E-state index contributed by atoms with van der Waals surface area (Å²) in [5.41, 5.74) is 4.66. The summed E-state index contributed by atoms with van der Waals surface area (Å²) in [5.74, 6) is -1.72. The van der Waals surface area contributed by atoms with E-state index in [1.807, 2.05) is 0 Å². The molecule has 3 amide bonds. The standard InChI is InChI=1S/C20H17ClF3N3O4/c21-15-6-1-12(20(22,23)24)8-16(15)26-17(28)10-31-14-4-2-13(3-5-14)27-9-11(19(25)30)7-18(27)29/h1-6,8,11H,7,9-10H2,(H2,25,30)(H,26,28)/t11-/m0/s1. The van der Waals surface area contributed by atoms with Crippen molar-refractivity contribution in [1.29, 1.82) is 0 Å². The van der Waals surface area contributed by atoms with E-state index in [2.05, 4.69) is 5.32 Å². The molecule has 1 saturated heterocycles. The normalized spacial score (nSPS) is 16.3. The Kier molecular flexibility index (Phi) is 6.40. The van der Waals surface area contributed by atoms with E-state index in [0.717, 1.165) is 18.2 Å². The van der Waals surface area contributed by atoms with Gasteiger partial charge in [-0.05, 0) is 42.5 Å². The zero-order chi connectivity index (χ0) is 22.8. The molecule has 7 nitrogen and oxygen atoms in total. The predicted octanol–water partition coefficient (Wildman–Crippen LogP) is 3.21. The molecule has 0 unspecified atom stereocenters. The summed E-state index contributed by atoms with van der Waals surface area (Å²) in [6.45, 7) is -0.285. The van der Waals surface area contributed by atoms with Crippen molar-refractivity contribution in [3.8, 4) is 5.75 Å². The fourth-order valence-electron chi connectivity index (χ4n) is 3.00. The SMILES string of the molecule is NC(=O)[C@H]1CC(=O)N(c2ccc(OCC(=O)Nc3cc(C(F)(F)F)ccc3Cl)cc2)C1. The first-order chi connectivity index (χ1) is 14.5. The number of nitrogens with zero attached hydrogens (tertiary/aromatic N) is 1. The predicted molar refractivity (Wildman–Crippen MR) is 107 cm³/mol. The molecule has 164 valence electrons. The number of alkyl halides is 3. The summed E-state index contributed by atoms with van der Waals surface area (Å²) in [4.78, 5) is 36.8. The van der Waals surface area contributed by atoms with E-state index >= 15 is 0 Å². The first-order valence-corrected chi connectivity index (χ1v) is 9.41. The molecule has 1 aliphatic rings. The molecule has 0 bridgehead atoms. The van der Waals surface area contributed by atoms with Gasteiger partial charge in [0, 0.05) is 18.7 Å². The van der Waals surface area contributed by atoms with E-state index in [9.17, 15) is 27.6 Å². The van der Waals surface area contributed by atoms with Crippen LogP contribution in [0.2, 0.25) is 5.02 Å². The van der Waals surface area contributed by atoms with Crippen LogP contribution in [-0.2, 0) is 20.6 Å². The largest absolute Gasteiger partial charge is 0.484 e. The highest BCUT2D eigenvalue weighted by atomic mass is 35.5. The zero-order valence-corrected chi connectivity index (χ0v) is 16.7. The van der Waals surface area contributed by atoms with Gasteiger partial charge in [0.05, 0.1) is 22.2 Å². The number of ether oxygens (including phenoxy) is 1. The number of carbonyl (C=O) groups is 3. The number of nitrogens with one attached hydrogen (secondary N) is 1. The average Bonchev–Trinajstić information content (AvgIpc) is 3.09. The minimum absolute atomic E-state index is 0.0461. The molecule has 0 spiro atoms. The molecule has 2 aromatic rings. The van der Waals surface area contributed by atoms with Crippen LogP contribution >= 0.6 is 11.6 Å². The lowest BCUT2D eigenvalue weighted by Gasteiger charge is -2.17. The Morgan fingerprint density at radius 1 is 1.19 bits per heavy atom. The lowest BCUT2D eigenvalue weighted by molar-refractivity contribution is -0.137. The molecule has 11 heteroatoms. The fourth-order valence-corrected chi connectivity index (χ4v) is 3.17. The lowest BCUT2D eigenvalue weighted by Crippen LogP contribution is -2.28. The second-order valence-corrected chi connectivity index (χ2v) is 7.24. The number of nitrogens with two attached hydrogens (primary N) is 1. The van der Waals surface area contributed by atoms with Gasteiger partial charge < -0.3 is 20.7 Å². The Morgan fingerprint density at radius 2 is 1.87 bits per heavy atom. The number of benzene rings is 2. The van der Waals surface area contributed by atoms with E-state index in [4.69, 9.17) is 22.1 Å². The molecule has 31 heavy (non-hydrogen) atoms. The summed E-state index contributed by atoms with van der Waals surface area (Å²) in [7, 11) is 0. The first kappa shape index (κ1) is 22.4. The molecular formula is C20H17ClF3N3O4. The van der Waals surface area contributed by atoms with Crippen molar-refractivity contribution in [3.05, 3.63) is 53.1 Å². The van der Waals surface area contributed by atoms with E-state index in [0.29, 0.717) is 11.4 Å². The van der Waals surface area contributed by atoms with Crippen LogP contribution in [0.25, 0.3) is 0 Å². The van der Waals surface area contributed by atoms with Crippen LogP contribution in [0, 0.1) is 5.92 Å². The molecule has 0 saturated carbocycles. The number of rotatable bonds is 6. The monoisotopic (exact) mass is 455 g/mol. The van der Waals surface area contributed by atoms with Crippen molar-refractivity contribution in [1.82, 2.24) is 0 Å². The van der Waals surface area contributed by atoms with Gasteiger partial charge in [-0.15, -0.1) is 0 Å². The van der Waals surface area contributed by atoms with Gasteiger partial charge in [-0.25, -0.2) is 0 Å². The molecule has 0 aromatic heterocycles. The summed E-state index contributed by atoms with van der Waals surface area (Å²) in [6, 6.07) is 8.79. The van der Waals surface area contributed by atoms with Gasteiger partial charge in [-0.2, -0.15) is 13.2 Å². The molecule has 1 atom stereocenters. The van der Waals surface area contributed by atoms with Gasteiger partial charge >= 0.3 is 6.18 Å². The van der Waals surface area contributed by atoms with Crippen LogP contribution in [0.3, 0.4) is 0 Å². The van der Waals surface area contributed by atoms with Crippen molar-refractivity contribution in [2.24, 2.45) is 11.7 Å². The van der Waals surface area contributed by atoms with Gasteiger partial charge in [0.2, 0.25) is 11.8 Å². The Hall–Kier alpha value is -3.27. The van der Waals surface area contributed by atoms with Gasteiger partial charge in [-0.1, -0.05) is 11.6 Å². The van der Waals surface area contributed by atoms with Crippen LogP contribution in [0.15, 0.2) is 42.5 Å². The summed E-state index contributed by atoms with van der Waals surface area (Å²) in [5, 5.41) is 2.23. The number of primary amides is 1. The molecule has 1 fully saturated rings. The quantitative estimate of drug-likeness (QED) is 0.698.